The molecule has 60 heavy (non-hydrogen) atoms. The van der Waals surface area contributed by atoms with Crippen LogP contribution in [-0.4, -0.2) is 14.5 Å². The van der Waals surface area contributed by atoms with Crippen molar-refractivity contribution in [2.24, 2.45) is 0 Å². The molecule has 0 N–H and O–H groups in total. The van der Waals surface area contributed by atoms with Gasteiger partial charge in [0, 0.05) is 37.4 Å². The molecule has 0 saturated heterocycles. The molecule has 0 saturated carbocycles. The van der Waals surface area contributed by atoms with Gasteiger partial charge >= 0.3 is 0 Å². The van der Waals surface area contributed by atoms with Crippen molar-refractivity contribution < 1.29 is 0 Å². The summed E-state index contributed by atoms with van der Waals surface area (Å²) in [4.78, 5) is 11.1. The lowest BCUT2D eigenvalue weighted by Gasteiger charge is -2.16. The Labute approximate surface area is 348 Å². The Morgan fingerprint density at radius 3 is 1.63 bits per heavy atom. The van der Waals surface area contributed by atoms with Gasteiger partial charge in [-0.25, -0.2) is 9.97 Å². The molecule has 0 atom stereocenters. The van der Waals surface area contributed by atoms with Crippen molar-refractivity contribution in [1.82, 2.24) is 14.5 Å². The largest absolute Gasteiger partial charge is 0.309 e. The van der Waals surface area contributed by atoms with E-state index in [1.807, 2.05) is 0 Å². The van der Waals surface area contributed by atoms with Gasteiger partial charge in [0.2, 0.25) is 0 Å². The van der Waals surface area contributed by atoms with E-state index in [0.29, 0.717) is 0 Å². The maximum Gasteiger partial charge on any atom is 0.161 e. The quantitative estimate of drug-likeness (QED) is 0.179. The summed E-state index contributed by atoms with van der Waals surface area (Å²) in [6.45, 7) is 0. The Balaban J connectivity index is 1.05. The van der Waals surface area contributed by atoms with Crippen molar-refractivity contribution in [3.63, 3.8) is 0 Å². The highest BCUT2D eigenvalue weighted by Crippen LogP contribution is 2.51. The van der Waals surface area contributed by atoms with Crippen molar-refractivity contribution in [1.29, 1.82) is 0 Å². The minimum atomic E-state index is 0.731. The fraction of sp³-hybridized carbons (Fsp3) is 0. The summed E-state index contributed by atoms with van der Waals surface area (Å²) in [6, 6.07) is 68.8. The first kappa shape index (κ1) is 32.3. The highest BCUT2D eigenvalue weighted by atomic mass is 32.1. The highest BCUT2D eigenvalue weighted by Gasteiger charge is 2.26. The molecule has 4 heteroatoms. The van der Waals surface area contributed by atoms with Gasteiger partial charge in [0.1, 0.15) is 0 Å². The van der Waals surface area contributed by atoms with E-state index in [4.69, 9.17) is 9.97 Å². The maximum atomic E-state index is 5.62. The van der Waals surface area contributed by atoms with E-state index in [1.54, 1.807) is 11.3 Å². The zero-order chi connectivity index (χ0) is 39.1. The third-order valence-electron chi connectivity index (χ3n) is 13.0. The van der Waals surface area contributed by atoms with Crippen molar-refractivity contribution in [2.45, 2.75) is 0 Å². The molecule has 0 amide bonds. The van der Waals surface area contributed by atoms with Crippen LogP contribution in [-0.2, 0) is 0 Å². The van der Waals surface area contributed by atoms with Crippen LogP contribution in [0.2, 0.25) is 0 Å². The van der Waals surface area contributed by atoms with Crippen molar-refractivity contribution >= 4 is 96.5 Å². The molecular formula is C56H31N3S. The van der Waals surface area contributed by atoms with E-state index in [-0.39, 0.29) is 0 Å². The summed E-state index contributed by atoms with van der Waals surface area (Å²) in [7, 11) is 0. The van der Waals surface area contributed by atoms with E-state index < -0.39 is 0 Å². The Bertz CT molecular complexity index is 3900. The first-order valence-corrected chi connectivity index (χ1v) is 21.3. The third kappa shape index (κ3) is 4.27. The molecule has 3 aromatic heterocycles. The lowest BCUT2D eigenvalue weighted by Crippen LogP contribution is -1.99. The van der Waals surface area contributed by atoms with Crippen LogP contribution >= 0.6 is 11.3 Å². The van der Waals surface area contributed by atoms with Crippen LogP contribution in [0, 0.1) is 0 Å². The molecule has 0 aliphatic heterocycles. The Morgan fingerprint density at radius 2 is 0.900 bits per heavy atom. The summed E-state index contributed by atoms with van der Waals surface area (Å²) >= 11 is 1.79. The molecule has 3 heterocycles. The third-order valence-corrected chi connectivity index (χ3v) is 14.1. The van der Waals surface area contributed by atoms with E-state index in [0.717, 1.165) is 54.7 Å². The second-order valence-electron chi connectivity index (χ2n) is 16.0. The van der Waals surface area contributed by atoms with Gasteiger partial charge in [-0.3, -0.25) is 0 Å². The number of nitrogens with zero attached hydrogens (tertiary/aromatic N) is 3. The second kappa shape index (κ2) is 12.0. The van der Waals surface area contributed by atoms with Crippen LogP contribution in [0.4, 0.5) is 0 Å². The lowest BCUT2D eigenvalue weighted by atomic mass is 9.96. The van der Waals surface area contributed by atoms with Crippen LogP contribution in [0.5, 0.6) is 0 Å². The molecule has 0 fully saturated rings. The van der Waals surface area contributed by atoms with E-state index in [1.165, 1.54) is 81.1 Å². The standard InChI is InChI=1S/C56H31N3S/c1-3-14-34-32(12-1)24-29-47-51(34)52-35-15-4-2-13-33(35)25-30-48(52)59(47)46-31-28-44(38-18-7-8-19-39(38)46)56-57-53(55-54(58-56)45-20-9-10-23-49(45)60-55)43-27-26-42-37-17-6-5-16-36(37)40-21-11-22-41(43)50(40)42/h1-31H. The molecule has 0 bridgehead atoms. The van der Waals surface area contributed by atoms with Gasteiger partial charge in [0.05, 0.1) is 32.6 Å². The van der Waals surface area contributed by atoms with Crippen LogP contribution in [0.1, 0.15) is 0 Å². The fourth-order valence-electron chi connectivity index (χ4n) is 10.4. The second-order valence-corrected chi connectivity index (χ2v) is 17.0. The zero-order valence-electron chi connectivity index (χ0n) is 32.1. The van der Waals surface area contributed by atoms with Crippen LogP contribution in [0.25, 0.3) is 136 Å². The Kier molecular flexibility index (Phi) is 6.44. The molecule has 1 aliphatic carbocycles. The van der Waals surface area contributed by atoms with Gasteiger partial charge < -0.3 is 4.57 Å². The fourth-order valence-corrected chi connectivity index (χ4v) is 11.5. The van der Waals surface area contributed by atoms with Gasteiger partial charge in [-0.2, -0.15) is 0 Å². The molecule has 14 rings (SSSR count). The number of rotatable bonds is 3. The number of fused-ring (bicyclic) bond motifs is 14. The predicted octanol–water partition coefficient (Wildman–Crippen LogP) is 15.5. The Morgan fingerprint density at radius 1 is 0.350 bits per heavy atom. The van der Waals surface area contributed by atoms with Crippen LogP contribution in [0.15, 0.2) is 188 Å². The van der Waals surface area contributed by atoms with Crippen molar-refractivity contribution in [2.75, 3.05) is 0 Å². The molecular weight excluding hydrogens is 747 g/mol. The number of thiophene rings is 1. The molecule has 0 spiro atoms. The average molecular weight is 778 g/mol. The van der Waals surface area contributed by atoms with Gasteiger partial charge in [0.15, 0.2) is 5.82 Å². The monoisotopic (exact) mass is 777 g/mol. The predicted molar refractivity (Wildman–Crippen MR) is 255 cm³/mol. The van der Waals surface area contributed by atoms with Crippen molar-refractivity contribution in [3.05, 3.63) is 188 Å². The summed E-state index contributed by atoms with van der Waals surface area (Å²) in [6.07, 6.45) is 0. The topological polar surface area (TPSA) is 30.7 Å². The summed E-state index contributed by atoms with van der Waals surface area (Å²) in [5.41, 5.74) is 12.8. The molecule has 276 valence electrons. The van der Waals surface area contributed by atoms with Gasteiger partial charge in [-0.15, -0.1) is 11.3 Å². The number of benzene rings is 10. The highest BCUT2D eigenvalue weighted by molar-refractivity contribution is 7.26. The van der Waals surface area contributed by atoms with Crippen LogP contribution < -0.4 is 0 Å². The van der Waals surface area contributed by atoms with Crippen LogP contribution in [0.3, 0.4) is 0 Å². The smallest absolute Gasteiger partial charge is 0.161 e. The summed E-state index contributed by atoms with van der Waals surface area (Å²) in [5.74, 6) is 0.731. The SMILES string of the molecule is c1ccc2c(c1)-c1cccc3c(-c4nc(-c5ccc(-n6c7ccc8ccccc8c7c7c8ccccc8ccc76)c6ccccc56)nc5c4sc4ccccc45)ccc-2c13. The average Bonchev–Trinajstić information content (AvgIpc) is 3.97. The van der Waals surface area contributed by atoms with Gasteiger partial charge in [0.25, 0.3) is 0 Å². The van der Waals surface area contributed by atoms with E-state index >= 15 is 0 Å². The minimum Gasteiger partial charge on any atom is -0.309 e. The zero-order valence-corrected chi connectivity index (χ0v) is 33.0. The number of aromatic nitrogens is 3. The maximum absolute atomic E-state index is 5.62. The number of hydrogen-bond acceptors (Lipinski definition) is 3. The summed E-state index contributed by atoms with van der Waals surface area (Å²) < 4.78 is 4.80. The lowest BCUT2D eigenvalue weighted by molar-refractivity contribution is 1.20. The summed E-state index contributed by atoms with van der Waals surface area (Å²) in [5, 5.41) is 13.5. The van der Waals surface area contributed by atoms with E-state index in [9.17, 15) is 0 Å². The molecule has 0 radical (unpaired) electrons. The molecule has 10 aromatic carbocycles. The minimum absolute atomic E-state index is 0.731. The van der Waals surface area contributed by atoms with Gasteiger partial charge in [-0.1, -0.05) is 158 Å². The molecule has 1 aliphatic rings. The van der Waals surface area contributed by atoms with E-state index in [2.05, 4.69) is 193 Å². The first-order chi connectivity index (χ1) is 29.8. The van der Waals surface area contributed by atoms with Crippen molar-refractivity contribution in [3.8, 4) is 50.6 Å². The molecule has 13 aromatic rings. The van der Waals surface area contributed by atoms with Gasteiger partial charge in [-0.05, 0) is 90.3 Å². The normalized spacial score (nSPS) is 12.3. The molecule has 0 unspecified atom stereocenters. The first-order valence-electron chi connectivity index (χ1n) is 20.5. The Hall–Kier alpha value is -7.66. The molecule has 3 nitrogen and oxygen atoms in total. The number of hydrogen-bond donors (Lipinski definition) is 0.